The molecule has 192 valence electrons. The molecule has 0 unspecified atom stereocenters. The first-order chi connectivity index (χ1) is 16.9. The molecular weight excluding hydrogens is 488 g/mol. The Labute approximate surface area is 209 Å². The van der Waals surface area contributed by atoms with Gasteiger partial charge in [-0.05, 0) is 35.2 Å². The maximum atomic E-state index is 13.2. The number of hydrogen-bond acceptors (Lipinski definition) is 9. The Morgan fingerprint density at radius 1 is 1.08 bits per heavy atom. The molecule has 0 spiro atoms. The van der Waals surface area contributed by atoms with E-state index >= 15 is 0 Å². The smallest absolute Gasteiger partial charge is 0.286 e. The normalized spacial score (nSPS) is 11.6. The van der Waals surface area contributed by atoms with E-state index in [2.05, 4.69) is 14.7 Å². The summed E-state index contributed by atoms with van der Waals surface area (Å²) in [5.74, 6) is -1.73. The summed E-state index contributed by atoms with van der Waals surface area (Å²) < 4.78 is 45.3. The van der Waals surface area contributed by atoms with Crippen molar-refractivity contribution in [2.24, 2.45) is 5.73 Å². The third-order valence-electron chi connectivity index (χ3n) is 4.91. The Morgan fingerprint density at radius 3 is 2.33 bits per heavy atom. The average Bonchev–Trinajstić information content (AvgIpc) is 2.83. The molecule has 0 aliphatic carbocycles. The number of ether oxygens (including phenoxy) is 3. The van der Waals surface area contributed by atoms with E-state index < -0.39 is 21.8 Å². The maximum absolute atomic E-state index is 13.2. The predicted molar refractivity (Wildman–Crippen MR) is 132 cm³/mol. The van der Waals surface area contributed by atoms with E-state index in [1.165, 1.54) is 19.2 Å². The van der Waals surface area contributed by atoms with E-state index in [0.29, 0.717) is 5.75 Å². The quantitative estimate of drug-likeness (QED) is 0.368. The van der Waals surface area contributed by atoms with E-state index in [1.807, 2.05) is 20.8 Å². The zero-order valence-electron chi connectivity index (χ0n) is 20.3. The van der Waals surface area contributed by atoms with Crippen molar-refractivity contribution in [3.8, 4) is 23.1 Å². The molecule has 4 N–H and O–H groups in total. The second-order valence-corrected chi connectivity index (χ2v) is 10.3. The van der Waals surface area contributed by atoms with Crippen LogP contribution in [0.15, 0.2) is 53.4 Å². The molecule has 0 aliphatic heterocycles. The number of amides is 1. The van der Waals surface area contributed by atoms with E-state index in [0.717, 1.165) is 5.56 Å². The zero-order valence-corrected chi connectivity index (χ0v) is 21.1. The first kappa shape index (κ1) is 26.7. The summed E-state index contributed by atoms with van der Waals surface area (Å²) in [4.78, 5) is 19.7. The van der Waals surface area contributed by atoms with Crippen molar-refractivity contribution >= 4 is 21.7 Å². The van der Waals surface area contributed by atoms with Gasteiger partial charge in [0.25, 0.3) is 21.8 Å². The minimum absolute atomic E-state index is 0.0418. The number of benzene rings is 2. The van der Waals surface area contributed by atoms with Crippen LogP contribution in [0.2, 0.25) is 0 Å². The third-order valence-corrected chi connectivity index (χ3v) is 6.26. The number of carbonyl (C=O) groups is 1. The van der Waals surface area contributed by atoms with E-state index in [4.69, 9.17) is 19.9 Å². The van der Waals surface area contributed by atoms with E-state index in [9.17, 15) is 18.3 Å². The second-order valence-electron chi connectivity index (χ2n) is 8.63. The molecule has 1 amide bonds. The van der Waals surface area contributed by atoms with Crippen LogP contribution in [0, 0.1) is 0 Å². The first-order valence-corrected chi connectivity index (χ1v) is 12.3. The molecule has 36 heavy (non-hydrogen) atoms. The minimum Gasteiger partial charge on any atom is -0.497 e. The summed E-state index contributed by atoms with van der Waals surface area (Å²) in [6, 6.07) is 12.8. The van der Waals surface area contributed by atoms with Gasteiger partial charge in [-0.15, -0.1) is 0 Å². The lowest BCUT2D eigenvalue weighted by Gasteiger charge is -2.19. The van der Waals surface area contributed by atoms with Crippen LogP contribution in [-0.4, -0.2) is 49.7 Å². The molecule has 0 aliphatic rings. The molecule has 12 heteroatoms. The van der Waals surface area contributed by atoms with Gasteiger partial charge < -0.3 is 25.1 Å². The maximum Gasteiger partial charge on any atom is 0.286 e. The van der Waals surface area contributed by atoms with Crippen molar-refractivity contribution in [1.82, 2.24) is 9.97 Å². The summed E-state index contributed by atoms with van der Waals surface area (Å²) in [7, 11) is -2.71. The van der Waals surface area contributed by atoms with E-state index in [-0.39, 0.29) is 46.7 Å². The number of carbonyl (C=O) groups excluding carboxylic acids is 1. The van der Waals surface area contributed by atoms with Gasteiger partial charge in [-0.25, -0.2) is 13.4 Å². The summed E-state index contributed by atoms with van der Waals surface area (Å²) in [5, 5.41) is 9.21. The molecule has 0 fully saturated rings. The number of aliphatic hydroxyl groups excluding tert-OH is 1. The van der Waals surface area contributed by atoms with Gasteiger partial charge in [0.2, 0.25) is 11.6 Å². The van der Waals surface area contributed by atoms with Gasteiger partial charge in [-0.3, -0.25) is 9.52 Å². The largest absolute Gasteiger partial charge is 0.497 e. The topological polar surface area (TPSA) is 163 Å². The molecule has 1 aromatic heterocycles. The third kappa shape index (κ3) is 6.40. The highest BCUT2D eigenvalue weighted by molar-refractivity contribution is 7.92. The van der Waals surface area contributed by atoms with Gasteiger partial charge in [0.05, 0.1) is 18.6 Å². The Kier molecular flexibility index (Phi) is 8.00. The minimum atomic E-state index is -4.18. The molecule has 0 radical (unpaired) electrons. The average molecular weight is 517 g/mol. The molecule has 3 rings (SSSR count). The number of aliphatic hydroxyl groups is 1. The van der Waals surface area contributed by atoms with Crippen molar-refractivity contribution in [3.05, 3.63) is 59.9 Å². The van der Waals surface area contributed by atoms with Gasteiger partial charge >= 0.3 is 0 Å². The number of methoxy groups -OCH3 is 1. The van der Waals surface area contributed by atoms with Gasteiger partial charge in [0.1, 0.15) is 18.1 Å². The Bertz CT molecular complexity index is 1340. The summed E-state index contributed by atoms with van der Waals surface area (Å²) in [5.41, 5.74) is 6.12. The highest BCUT2D eigenvalue weighted by Gasteiger charge is 2.26. The Morgan fingerprint density at radius 2 is 1.75 bits per heavy atom. The summed E-state index contributed by atoms with van der Waals surface area (Å²) >= 11 is 0. The fourth-order valence-corrected chi connectivity index (χ4v) is 4.05. The first-order valence-electron chi connectivity index (χ1n) is 10.9. The Balaban J connectivity index is 2.10. The fraction of sp³-hybridized carbons (Fsp3) is 0.292. The highest BCUT2D eigenvalue weighted by Crippen LogP contribution is 2.38. The summed E-state index contributed by atoms with van der Waals surface area (Å²) in [6.07, 6.45) is 0. The van der Waals surface area contributed by atoms with Crippen LogP contribution in [0.3, 0.4) is 0 Å². The van der Waals surface area contributed by atoms with Crippen molar-refractivity contribution in [3.63, 3.8) is 0 Å². The number of anilines is 1. The molecule has 0 saturated carbocycles. The monoisotopic (exact) mass is 516 g/mol. The van der Waals surface area contributed by atoms with Crippen LogP contribution < -0.4 is 24.7 Å². The number of hydrogen-bond donors (Lipinski definition) is 3. The number of nitrogens with two attached hydrogens (primary N) is 1. The predicted octanol–water partition coefficient (Wildman–Crippen LogP) is 2.85. The van der Waals surface area contributed by atoms with Gasteiger partial charge in [-0.1, -0.05) is 39.0 Å². The lowest BCUT2D eigenvalue weighted by Crippen LogP contribution is -2.21. The molecule has 0 atom stereocenters. The SMILES string of the molecule is COc1cccc(Oc2c(NS(=O)(=O)c3ccc(C(C)(C)C)cc3)nc(C(N)=O)nc2OCCO)c1. The number of primary amides is 1. The lowest BCUT2D eigenvalue weighted by atomic mass is 9.87. The number of nitrogens with zero attached hydrogens (tertiary/aromatic N) is 2. The lowest BCUT2D eigenvalue weighted by molar-refractivity contribution is 0.0988. The van der Waals surface area contributed by atoms with E-state index in [1.54, 1.807) is 36.4 Å². The van der Waals surface area contributed by atoms with Crippen LogP contribution in [0.5, 0.6) is 23.1 Å². The second kappa shape index (κ2) is 10.8. The van der Waals surface area contributed by atoms with Crippen LogP contribution in [0.4, 0.5) is 5.82 Å². The molecule has 0 bridgehead atoms. The van der Waals surface area contributed by atoms with Crippen molar-refractivity contribution in [1.29, 1.82) is 0 Å². The molecule has 11 nitrogen and oxygen atoms in total. The molecule has 2 aromatic carbocycles. The summed E-state index contributed by atoms with van der Waals surface area (Å²) in [6.45, 7) is 5.44. The zero-order chi connectivity index (χ0) is 26.5. The van der Waals surface area contributed by atoms with Crippen LogP contribution in [0.25, 0.3) is 0 Å². The molecule has 0 saturated heterocycles. The Hall–Kier alpha value is -3.90. The van der Waals surface area contributed by atoms with Crippen LogP contribution in [0.1, 0.15) is 37.0 Å². The molecule has 3 aromatic rings. The fourth-order valence-electron chi connectivity index (χ4n) is 3.04. The molecule has 1 heterocycles. The number of sulfonamides is 1. The standard InChI is InChI=1S/C24H28N4O7S/c1-24(2,3)15-8-10-18(11-9-15)36(31,32)28-21-19(35-17-7-5-6-16(14-17)33-4)23(34-13-12-29)27-22(26-21)20(25)30/h5-11,14,29H,12-13H2,1-4H3,(H2,25,30)(H,26,27,28). The highest BCUT2D eigenvalue weighted by atomic mass is 32.2. The van der Waals surface area contributed by atoms with Crippen molar-refractivity contribution in [2.45, 2.75) is 31.1 Å². The van der Waals surface area contributed by atoms with Crippen LogP contribution >= 0.6 is 0 Å². The van der Waals surface area contributed by atoms with Gasteiger partial charge in [0, 0.05) is 6.07 Å². The van der Waals surface area contributed by atoms with Gasteiger partial charge in [-0.2, -0.15) is 4.98 Å². The number of nitrogens with one attached hydrogen (secondary N) is 1. The number of aromatic nitrogens is 2. The number of rotatable bonds is 10. The van der Waals surface area contributed by atoms with Crippen LogP contribution in [-0.2, 0) is 15.4 Å². The van der Waals surface area contributed by atoms with Crippen molar-refractivity contribution in [2.75, 3.05) is 25.0 Å². The molecular formula is C24H28N4O7S. The van der Waals surface area contributed by atoms with Gasteiger partial charge in [0.15, 0.2) is 5.82 Å². The van der Waals surface area contributed by atoms with Crippen molar-refractivity contribution < 1.29 is 32.5 Å².